The van der Waals surface area contributed by atoms with Crippen molar-refractivity contribution in [3.8, 4) is 5.75 Å². The number of hydrogen-bond acceptors (Lipinski definition) is 3. The highest BCUT2D eigenvalue weighted by Crippen LogP contribution is 2.21. The number of halogens is 1. The summed E-state index contributed by atoms with van der Waals surface area (Å²) < 4.78 is 18.6. The summed E-state index contributed by atoms with van der Waals surface area (Å²) >= 11 is 0. The molecule has 0 amide bonds. The number of benzene rings is 2. The zero-order valence-corrected chi connectivity index (χ0v) is 12.4. The van der Waals surface area contributed by atoms with Crippen molar-refractivity contribution >= 4 is 5.69 Å². The van der Waals surface area contributed by atoms with Crippen LogP contribution in [0, 0.1) is 5.82 Å². The second-order valence-electron chi connectivity index (χ2n) is 4.90. The van der Waals surface area contributed by atoms with Gasteiger partial charge in [-0.2, -0.15) is 0 Å². The Kier molecular flexibility index (Phi) is 5.17. The molecule has 0 saturated heterocycles. The minimum atomic E-state index is -0.235. The van der Waals surface area contributed by atoms with Crippen molar-refractivity contribution in [1.82, 2.24) is 0 Å². The van der Waals surface area contributed by atoms with Crippen LogP contribution in [0.25, 0.3) is 0 Å². The molecule has 3 nitrogen and oxygen atoms in total. The molecule has 112 valence electrons. The lowest BCUT2D eigenvalue weighted by Crippen LogP contribution is -2.32. The van der Waals surface area contributed by atoms with E-state index in [9.17, 15) is 4.39 Å². The molecular formula is C17H21FN2O. The topological polar surface area (TPSA) is 38.5 Å². The molecule has 0 aromatic heterocycles. The Morgan fingerprint density at radius 2 is 1.95 bits per heavy atom. The summed E-state index contributed by atoms with van der Waals surface area (Å²) in [6, 6.07) is 14.1. The normalized spacial score (nSPS) is 12.0. The molecule has 2 N–H and O–H groups in total. The smallest absolute Gasteiger partial charge is 0.125 e. The molecule has 21 heavy (non-hydrogen) atoms. The predicted molar refractivity (Wildman–Crippen MR) is 84.2 cm³/mol. The summed E-state index contributed by atoms with van der Waals surface area (Å²) in [7, 11) is 1.63. The first-order chi connectivity index (χ1) is 10.1. The van der Waals surface area contributed by atoms with Crippen molar-refractivity contribution in [1.29, 1.82) is 0 Å². The molecule has 2 rings (SSSR count). The second-order valence-corrected chi connectivity index (χ2v) is 4.90. The van der Waals surface area contributed by atoms with Crippen molar-refractivity contribution in [3.63, 3.8) is 0 Å². The Hall–Kier alpha value is -2.07. The van der Waals surface area contributed by atoms with Crippen LogP contribution in [0.1, 0.15) is 18.5 Å². The monoisotopic (exact) mass is 288 g/mol. The molecule has 1 atom stereocenters. The fraction of sp³-hybridized carbons (Fsp3) is 0.294. The predicted octanol–water partition coefficient (Wildman–Crippen LogP) is 3.36. The van der Waals surface area contributed by atoms with Crippen LogP contribution in [0.4, 0.5) is 10.1 Å². The highest BCUT2D eigenvalue weighted by Gasteiger charge is 2.13. The quantitative estimate of drug-likeness (QED) is 0.886. The van der Waals surface area contributed by atoms with E-state index in [2.05, 4.69) is 4.90 Å². The van der Waals surface area contributed by atoms with E-state index >= 15 is 0 Å². The van der Waals surface area contributed by atoms with Crippen LogP contribution < -0.4 is 15.4 Å². The Balaban J connectivity index is 2.14. The van der Waals surface area contributed by atoms with E-state index in [1.807, 2.05) is 37.3 Å². The van der Waals surface area contributed by atoms with E-state index in [0.717, 1.165) is 23.5 Å². The SMILES string of the molecule is CCN(CC(N)c1cccc(OC)c1)c1cccc(F)c1. The third-order valence-electron chi connectivity index (χ3n) is 3.49. The van der Waals surface area contributed by atoms with Crippen molar-refractivity contribution < 1.29 is 9.13 Å². The average Bonchev–Trinajstić information content (AvgIpc) is 2.52. The molecule has 0 bridgehead atoms. The van der Waals surface area contributed by atoms with Crippen LogP contribution in [0.2, 0.25) is 0 Å². The molecule has 0 fully saturated rings. The Morgan fingerprint density at radius 1 is 1.19 bits per heavy atom. The highest BCUT2D eigenvalue weighted by atomic mass is 19.1. The lowest BCUT2D eigenvalue weighted by Gasteiger charge is -2.27. The van der Waals surface area contributed by atoms with Gasteiger partial charge in [-0.1, -0.05) is 18.2 Å². The molecule has 0 heterocycles. The lowest BCUT2D eigenvalue weighted by atomic mass is 10.1. The summed E-state index contributed by atoms with van der Waals surface area (Å²) in [4.78, 5) is 2.06. The van der Waals surface area contributed by atoms with Crippen LogP contribution in [0.3, 0.4) is 0 Å². The molecule has 1 unspecified atom stereocenters. The fourth-order valence-corrected chi connectivity index (χ4v) is 2.30. The number of likely N-dealkylation sites (N-methyl/N-ethyl adjacent to an activating group) is 1. The number of anilines is 1. The van der Waals surface area contributed by atoms with Gasteiger partial charge >= 0.3 is 0 Å². The lowest BCUT2D eigenvalue weighted by molar-refractivity contribution is 0.414. The maximum absolute atomic E-state index is 13.3. The highest BCUT2D eigenvalue weighted by molar-refractivity contribution is 5.47. The van der Waals surface area contributed by atoms with Gasteiger partial charge in [0.2, 0.25) is 0 Å². The van der Waals surface area contributed by atoms with Crippen LogP contribution in [0.5, 0.6) is 5.75 Å². The van der Waals surface area contributed by atoms with E-state index in [1.54, 1.807) is 13.2 Å². The van der Waals surface area contributed by atoms with E-state index in [0.29, 0.717) is 6.54 Å². The van der Waals surface area contributed by atoms with Crippen LogP contribution >= 0.6 is 0 Å². The summed E-state index contributed by atoms with van der Waals surface area (Å²) in [5.41, 5.74) is 8.13. The van der Waals surface area contributed by atoms with Crippen molar-refractivity contribution in [2.75, 3.05) is 25.1 Å². The standard InChI is InChI=1S/C17H21FN2O/c1-3-20(15-8-5-7-14(18)11-15)12-17(19)13-6-4-9-16(10-13)21-2/h4-11,17H,3,12,19H2,1-2H3. The molecule has 4 heteroatoms. The molecule has 2 aromatic rings. The van der Waals surface area contributed by atoms with Gasteiger partial charge in [-0.15, -0.1) is 0 Å². The van der Waals surface area contributed by atoms with Crippen molar-refractivity contribution in [2.24, 2.45) is 5.73 Å². The Bertz CT molecular complexity index is 589. The van der Waals surface area contributed by atoms with Crippen molar-refractivity contribution in [3.05, 3.63) is 59.9 Å². The number of hydrogen-bond donors (Lipinski definition) is 1. The zero-order valence-electron chi connectivity index (χ0n) is 12.4. The summed E-state index contributed by atoms with van der Waals surface area (Å²) in [5, 5.41) is 0. The summed E-state index contributed by atoms with van der Waals surface area (Å²) in [6.07, 6.45) is 0. The Labute approximate surface area is 125 Å². The molecule has 0 radical (unpaired) electrons. The first kappa shape index (κ1) is 15.3. The van der Waals surface area contributed by atoms with Gasteiger partial charge < -0.3 is 15.4 Å². The third kappa shape index (κ3) is 3.95. The number of nitrogens with two attached hydrogens (primary N) is 1. The van der Waals surface area contributed by atoms with Gasteiger partial charge in [0.25, 0.3) is 0 Å². The zero-order chi connectivity index (χ0) is 15.2. The minimum Gasteiger partial charge on any atom is -0.497 e. The van der Waals surface area contributed by atoms with Gasteiger partial charge in [0, 0.05) is 24.8 Å². The first-order valence-corrected chi connectivity index (χ1v) is 7.04. The molecule has 0 aliphatic heterocycles. The minimum absolute atomic E-state index is 0.164. The van der Waals surface area contributed by atoms with Crippen molar-refractivity contribution in [2.45, 2.75) is 13.0 Å². The van der Waals surface area contributed by atoms with Gasteiger partial charge in [-0.25, -0.2) is 4.39 Å². The number of ether oxygens (including phenoxy) is 1. The fourth-order valence-electron chi connectivity index (χ4n) is 2.30. The molecule has 0 aliphatic rings. The van der Waals surface area contributed by atoms with Gasteiger partial charge in [0.15, 0.2) is 0 Å². The molecule has 0 saturated carbocycles. The maximum atomic E-state index is 13.3. The average molecular weight is 288 g/mol. The molecule has 0 spiro atoms. The third-order valence-corrected chi connectivity index (χ3v) is 3.49. The van der Waals surface area contributed by atoms with E-state index < -0.39 is 0 Å². The number of nitrogens with zero attached hydrogens (tertiary/aromatic N) is 1. The first-order valence-electron chi connectivity index (χ1n) is 7.04. The van der Waals surface area contributed by atoms with Gasteiger partial charge in [-0.3, -0.25) is 0 Å². The molecular weight excluding hydrogens is 267 g/mol. The maximum Gasteiger partial charge on any atom is 0.125 e. The Morgan fingerprint density at radius 3 is 2.62 bits per heavy atom. The van der Waals surface area contributed by atoms with Crippen LogP contribution in [-0.2, 0) is 0 Å². The molecule has 2 aromatic carbocycles. The van der Waals surface area contributed by atoms with E-state index in [4.69, 9.17) is 10.5 Å². The van der Waals surface area contributed by atoms with Crippen LogP contribution in [-0.4, -0.2) is 20.2 Å². The largest absolute Gasteiger partial charge is 0.497 e. The van der Waals surface area contributed by atoms with Crippen LogP contribution in [0.15, 0.2) is 48.5 Å². The number of methoxy groups -OCH3 is 1. The van der Waals surface area contributed by atoms with Gasteiger partial charge in [0.05, 0.1) is 7.11 Å². The summed E-state index contributed by atoms with van der Waals surface area (Å²) in [6.45, 7) is 3.41. The molecule has 0 aliphatic carbocycles. The van der Waals surface area contributed by atoms with E-state index in [1.165, 1.54) is 12.1 Å². The van der Waals surface area contributed by atoms with E-state index in [-0.39, 0.29) is 11.9 Å². The van der Waals surface area contributed by atoms with Gasteiger partial charge in [-0.05, 0) is 42.8 Å². The second kappa shape index (κ2) is 7.09. The number of rotatable bonds is 6. The van der Waals surface area contributed by atoms with Gasteiger partial charge in [0.1, 0.15) is 11.6 Å². The summed E-state index contributed by atoms with van der Waals surface area (Å²) in [5.74, 6) is 0.553.